The molecule has 0 saturated heterocycles. The number of hydrogen-bond acceptors (Lipinski definition) is 5. The van der Waals surface area contributed by atoms with Gasteiger partial charge in [-0.25, -0.2) is 0 Å². The first-order valence-corrected chi connectivity index (χ1v) is 9.70. The number of halogens is 1. The van der Waals surface area contributed by atoms with E-state index in [1.807, 2.05) is 19.1 Å². The quantitative estimate of drug-likeness (QED) is 0.463. The number of carbonyl (C=O) groups is 1. The molecule has 0 unspecified atom stereocenters. The molecular weight excluding hydrogens is 390 g/mol. The predicted molar refractivity (Wildman–Crippen MR) is 112 cm³/mol. The van der Waals surface area contributed by atoms with Gasteiger partial charge in [-0.05, 0) is 55.0 Å². The Kier molecular flexibility index (Phi) is 7.03. The van der Waals surface area contributed by atoms with Gasteiger partial charge in [-0.15, -0.1) is 6.58 Å². The molecule has 1 heterocycles. The van der Waals surface area contributed by atoms with E-state index in [2.05, 4.69) is 16.7 Å². The highest BCUT2D eigenvalue weighted by molar-refractivity contribution is 6.30. The molecule has 0 aliphatic carbocycles. The van der Waals surface area contributed by atoms with Crippen LogP contribution in [0.3, 0.4) is 0 Å². The zero-order chi connectivity index (χ0) is 20.6. The van der Waals surface area contributed by atoms with Gasteiger partial charge in [0.1, 0.15) is 12.3 Å². The molecule has 3 aromatic rings. The van der Waals surface area contributed by atoms with E-state index in [1.54, 1.807) is 47.4 Å². The van der Waals surface area contributed by atoms with Gasteiger partial charge < -0.3 is 14.2 Å². The van der Waals surface area contributed by atoms with Crippen molar-refractivity contribution in [3.8, 4) is 17.1 Å². The highest BCUT2D eigenvalue weighted by atomic mass is 35.5. The molecule has 0 radical (unpaired) electrons. The minimum atomic E-state index is -0.154. The standard InChI is InChI=1S/C22H22ClN3O3/c1-3-13-26(22(27)17-7-11-19(12-8-17)28-14-4-2)15-20-24-21(25-29-20)16-5-9-18(23)10-6-16/h3,5-12H,1,4,13-15H2,2H3. The SMILES string of the molecule is C=CCN(Cc1nc(-c2ccc(Cl)cc2)no1)C(=O)c1ccc(OCCC)cc1. The molecule has 2 aromatic carbocycles. The van der Waals surface area contributed by atoms with Crippen LogP contribution in [0.25, 0.3) is 11.4 Å². The van der Waals surface area contributed by atoms with Crippen molar-refractivity contribution in [1.29, 1.82) is 0 Å². The van der Waals surface area contributed by atoms with Crippen LogP contribution in [0.2, 0.25) is 5.02 Å². The molecule has 6 nitrogen and oxygen atoms in total. The van der Waals surface area contributed by atoms with E-state index in [0.29, 0.717) is 35.5 Å². The first-order chi connectivity index (χ1) is 14.1. The third-order valence-corrected chi connectivity index (χ3v) is 4.36. The fourth-order valence-electron chi connectivity index (χ4n) is 2.67. The fraction of sp³-hybridized carbons (Fsp3) is 0.227. The average molecular weight is 412 g/mol. The second-order valence-corrected chi connectivity index (χ2v) is 6.80. The Bertz CT molecular complexity index is 952. The Morgan fingerprint density at radius 3 is 2.59 bits per heavy atom. The van der Waals surface area contributed by atoms with Gasteiger partial charge in [0, 0.05) is 22.7 Å². The molecule has 0 saturated carbocycles. The van der Waals surface area contributed by atoms with Crippen molar-refractivity contribution >= 4 is 17.5 Å². The highest BCUT2D eigenvalue weighted by Crippen LogP contribution is 2.20. The predicted octanol–water partition coefficient (Wildman–Crippen LogP) is 5.01. The summed E-state index contributed by atoms with van der Waals surface area (Å²) < 4.78 is 10.9. The topological polar surface area (TPSA) is 68.5 Å². The van der Waals surface area contributed by atoms with Crippen LogP contribution in [0.4, 0.5) is 0 Å². The summed E-state index contributed by atoms with van der Waals surface area (Å²) in [5.41, 5.74) is 1.34. The molecule has 7 heteroatoms. The van der Waals surface area contributed by atoms with E-state index < -0.39 is 0 Å². The van der Waals surface area contributed by atoms with Crippen molar-refractivity contribution in [2.45, 2.75) is 19.9 Å². The van der Waals surface area contributed by atoms with Crippen LogP contribution in [0.5, 0.6) is 5.75 Å². The first kappa shape index (κ1) is 20.6. The molecule has 3 rings (SSSR count). The van der Waals surface area contributed by atoms with Crippen LogP contribution < -0.4 is 4.74 Å². The van der Waals surface area contributed by atoms with E-state index in [0.717, 1.165) is 17.7 Å². The molecule has 0 aliphatic heterocycles. The largest absolute Gasteiger partial charge is 0.494 e. The smallest absolute Gasteiger partial charge is 0.254 e. The van der Waals surface area contributed by atoms with Crippen molar-refractivity contribution in [2.24, 2.45) is 0 Å². The van der Waals surface area contributed by atoms with Crippen LogP contribution in [-0.2, 0) is 6.54 Å². The lowest BCUT2D eigenvalue weighted by atomic mass is 10.2. The van der Waals surface area contributed by atoms with Crippen molar-refractivity contribution in [3.05, 3.63) is 77.7 Å². The van der Waals surface area contributed by atoms with Gasteiger partial charge in [-0.3, -0.25) is 4.79 Å². The second-order valence-electron chi connectivity index (χ2n) is 6.37. The van der Waals surface area contributed by atoms with Crippen molar-refractivity contribution in [2.75, 3.05) is 13.2 Å². The minimum absolute atomic E-state index is 0.154. The summed E-state index contributed by atoms with van der Waals surface area (Å²) in [6, 6.07) is 14.2. The third-order valence-electron chi connectivity index (χ3n) is 4.11. The van der Waals surface area contributed by atoms with Gasteiger partial charge in [0.25, 0.3) is 5.91 Å². The zero-order valence-corrected chi connectivity index (χ0v) is 16.9. The molecular formula is C22H22ClN3O3. The summed E-state index contributed by atoms with van der Waals surface area (Å²) in [6.07, 6.45) is 2.59. The maximum atomic E-state index is 12.9. The molecule has 150 valence electrons. The summed E-state index contributed by atoms with van der Waals surface area (Å²) in [5, 5.41) is 4.62. The number of ether oxygens (including phenoxy) is 1. The minimum Gasteiger partial charge on any atom is -0.494 e. The summed E-state index contributed by atoms with van der Waals surface area (Å²) in [4.78, 5) is 18.9. The van der Waals surface area contributed by atoms with Crippen LogP contribution in [0, 0.1) is 0 Å². The lowest BCUT2D eigenvalue weighted by molar-refractivity contribution is 0.0745. The lowest BCUT2D eigenvalue weighted by Crippen LogP contribution is -2.30. The number of nitrogens with zero attached hydrogens (tertiary/aromatic N) is 3. The van der Waals surface area contributed by atoms with Crippen LogP contribution in [0.1, 0.15) is 29.6 Å². The Balaban J connectivity index is 1.72. The lowest BCUT2D eigenvalue weighted by Gasteiger charge is -2.19. The number of rotatable bonds is 9. The molecule has 0 N–H and O–H groups in total. The molecule has 0 spiro atoms. The number of benzene rings is 2. The molecule has 0 atom stereocenters. The van der Waals surface area contributed by atoms with E-state index in [4.69, 9.17) is 20.9 Å². The first-order valence-electron chi connectivity index (χ1n) is 9.32. The average Bonchev–Trinajstić information content (AvgIpc) is 3.21. The van der Waals surface area contributed by atoms with E-state index in [1.165, 1.54) is 0 Å². The molecule has 0 aliphatic rings. The van der Waals surface area contributed by atoms with Gasteiger partial charge in [0.2, 0.25) is 11.7 Å². The number of carbonyl (C=O) groups excluding carboxylic acids is 1. The van der Waals surface area contributed by atoms with E-state index in [9.17, 15) is 4.79 Å². The highest BCUT2D eigenvalue weighted by Gasteiger charge is 2.19. The number of amides is 1. The van der Waals surface area contributed by atoms with Crippen LogP contribution in [0.15, 0.2) is 65.7 Å². The summed E-state index contributed by atoms with van der Waals surface area (Å²) in [6.45, 7) is 6.95. The van der Waals surface area contributed by atoms with E-state index in [-0.39, 0.29) is 12.5 Å². The van der Waals surface area contributed by atoms with Gasteiger partial charge >= 0.3 is 0 Å². The maximum absolute atomic E-state index is 12.9. The fourth-order valence-corrected chi connectivity index (χ4v) is 2.80. The number of hydrogen-bond donors (Lipinski definition) is 0. The molecule has 1 amide bonds. The monoisotopic (exact) mass is 411 g/mol. The van der Waals surface area contributed by atoms with Crippen LogP contribution >= 0.6 is 11.6 Å². The molecule has 0 bridgehead atoms. The van der Waals surface area contributed by atoms with Gasteiger partial charge in [0.15, 0.2) is 0 Å². The summed E-state index contributed by atoms with van der Waals surface area (Å²) in [7, 11) is 0. The molecule has 29 heavy (non-hydrogen) atoms. The zero-order valence-electron chi connectivity index (χ0n) is 16.2. The Labute approximate surface area is 174 Å². The van der Waals surface area contributed by atoms with Crippen LogP contribution in [-0.4, -0.2) is 34.1 Å². The normalized spacial score (nSPS) is 10.6. The molecule has 1 aromatic heterocycles. The number of aromatic nitrogens is 2. The Morgan fingerprint density at radius 2 is 1.93 bits per heavy atom. The van der Waals surface area contributed by atoms with Crippen molar-refractivity contribution in [3.63, 3.8) is 0 Å². The third kappa shape index (κ3) is 5.45. The maximum Gasteiger partial charge on any atom is 0.254 e. The summed E-state index contributed by atoms with van der Waals surface area (Å²) >= 11 is 5.91. The molecule has 0 fully saturated rings. The Morgan fingerprint density at radius 1 is 1.21 bits per heavy atom. The van der Waals surface area contributed by atoms with Gasteiger partial charge in [-0.1, -0.05) is 29.8 Å². The van der Waals surface area contributed by atoms with Crippen molar-refractivity contribution in [1.82, 2.24) is 15.0 Å². The van der Waals surface area contributed by atoms with Gasteiger partial charge in [-0.2, -0.15) is 4.98 Å². The van der Waals surface area contributed by atoms with Gasteiger partial charge in [0.05, 0.1) is 6.61 Å². The Hall–Kier alpha value is -3.12. The van der Waals surface area contributed by atoms with E-state index >= 15 is 0 Å². The second kappa shape index (κ2) is 9.89. The summed E-state index contributed by atoms with van der Waals surface area (Å²) in [5.74, 6) is 1.37. The van der Waals surface area contributed by atoms with Crippen molar-refractivity contribution < 1.29 is 14.1 Å².